The number of aromatic nitrogens is 4. The van der Waals surface area contributed by atoms with Crippen molar-refractivity contribution in [3.05, 3.63) is 48.0 Å². The summed E-state index contributed by atoms with van der Waals surface area (Å²) >= 11 is 1.23. The average Bonchev–Trinajstić information content (AvgIpc) is 3.44. The largest absolute Gasteiger partial charge is 0.382 e. The molecule has 4 heterocycles. The first-order valence-electron chi connectivity index (χ1n) is 9.38. The molecule has 3 N–H and O–H groups in total. The van der Waals surface area contributed by atoms with E-state index in [2.05, 4.69) is 19.9 Å². The maximum absolute atomic E-state index is 12.7. The number of imidazole rings is 1. The number of fused-ring (bicyclic) bond motifs is 1. The van der Waals surface area contributed by atoms with E-state index in [0.29, 0.717) is 47.7 Å². The van der Waals surface area contributed by atoms with E-state index < -0.39 is 10.0 Å². The molecule has 0 saturated carbocycles. The van der Waals surface area contributed by atoms with Crippen LogP contribution in [0.5, 0.6) is 0 Å². The molecule has 0 aliphatic carbocycles. The van der Waals surface area contributed by atoms with E-state index in [1.165, 1.54) is 15.6 Å². The summed E-state index contributed by atoms with van der Waals surface area (Å²) in [6, 6.07) is 11.1. The fraction of sp³-hybridized carbons (Fsp3) is 0.211. The fourth-order valence-corrected chi connectivity index (χ4v) is 6.04. The van der Waals surface area contributed by atoms with Crippen molar-refractivity contribution in [2.45, 2.75) is 4.21 Å². The van der Waals surface area contributed by atoms with Crippen LogP contribution in [0.25, 0.3) is 22.6 Å². The van der Waals surface area contributed by atoms with Crippen molar-refractivity contribution in [3.8, 4) is 11.5 Å². The third-order valence-electron chi connectivity index (χ3n) is 5.05. The number of hydrogen-bond donors (Lipinski definition) is 2. The van der Waals surface area contributed by atoms with Gasteiger partial charge in [0.1, 0.15) is 10.0 Å². The topological polar surface area (TPSA) is 121 Å². The Morgan fingerprint density at radius 1 is 1.03 bits per heavy atom. The zero-order chi connectivity index (χ0) is 20.7. The van der Waals surface area contributed by atoms with E-state index in [1.807, 2.05) is 29.2 Å². The standard InChI is InChI=1S/C19H19N7O2S2/c20-18-17(19-22-13-4-1-2-5-14(13)23-19)24-15(12-21-18)25-7-9-26(10-8-25)30(27,28)16-6-3-11-29-16/h1-6,11-12H,7-10H2,(H2,20,21)(H,22,23). The van der Waals surface area contributed by atoms with Gasteiger partial charge in [0, 0.05) is 26.2 Å². The predicted octanol–water partition coefficient (Wildman–Crippen LogP) is 2.17. The van der Waals surface area contributed by atoms with Crippen LogP contribution >= 0.6 is 11.3 Å². The molecule has 30 heavy (non-hydrogen) atoms. The van der Waals surface area contributed by atoms with Gasteiger partial charge in [0.15, 0.2) is 17.3 Å². The minimum atomic E-state index is -3.44. The number of nitrogens with one attached hydrogen (secondary N) is 1. The van der Waals surface area contributed by atoms with E-state index in [0.717, 1.165) is 11.0 Å². The smallest absolute Gasteiger partial charge is 0.252 e. The Balaban J connectivity index is 1.38. The summed E-state index contributed by atoms with van der Waals surface area (Å²) in [7, 11) is -3.44. The van der Waals surface area contributed by atoms with Crippen molar-refractivity contribution >= 4 is 44.0 Å². The van der Waals surface area contributed by atoms with Gasteiger partial charge in [0.05, 0.1) is 17.2 Å². The predicted molar refractivity (Wildman–Crippen MR) is 117 cm³/mol. The van der Waals surface area contributed by atoms with Crippen LogP contribution in [-0.4, -0.2) is 58.8 Å². The second-order valence-electron chi connectivity index (χ2n) is 6.89. The van der Waals surface area contributed by atoms with E-state index in [4.69, 9.17) is 5.73 Å². The molecule has 154 valence electrons. The lowest BCUT2D eigenvalue weighted by atomic mass is 10.3. The Bertz CT molecular complexity index is 1260. The van der Waals surface area contributed by atoms with Crippen LogP contribution in [0.15, 0.2) is 52.2 Å². The number of piperazine rings is 1. The zero-order valence-electron chi connectivity index (χ0n) is 15.9. The van der Waals surface area contributed by atoms with Crippen LogP contribution in [0, 0.1) is 0 Å². The second kappa shape index (κ2) is 7.35. The number of thiophene rings is 1. The van der Waals surface area contributed by atoms with Gasteiger partial charge in [-0.1, -0.05) is 18.2 Å². The summed E-state index contributed by atoms with van der Waals surface area (Å²) in [5.41, 5.74) is 8.27. The van der Waals surface area contributed by atoms with Gasteiger partial charge in [0.25, 0.3) is 10.0 Å². The number of nitrogens with zero attached hydrogens (tertiary/aromatic N) is 5. The second-order valence-corrected chi connectivity index (χ2v) is 10.0. The molecule has 1 aliphatic heterocycles. The molecule has 0 unspecified atom stereocenters. The van der Waals surface area contributed by atoms with Crippen molar-refractivity contribution in [2.24, 2.45) is 0 Å². The minimum Gasteiger partial charge on any atom is -0.382 e. The van der Waals surface area contributed by atoms with Crippen LogP contribution in [0.2, 0.25) is 0 Å². The van der Waals surface area contributed by atoms with Gasteiger partial charge in [-0.05, 0) is 23.6 Å². The van der Waals surface area contributed by atoms with E-state index >= 15 is 0 Å². The van der Waals surface area contributed by atoms with Gasteiger partial charge < -0.3 is 15.6 Å². The molecule has 0 bridgehead atoms. The number of rotatable bonds is 4. The highest BCUT2D eigenvalue weighted by atomic mass is 32.2. The van der Waals surface area contributed by atoms with Crippen LogP contribution in [-0.2, 0) is 10.0 Å². The number of para-hydroxylation sites is 2. The number of H-pyrrole nitrogens is 1. The van der Waals surface area contributed by atoms with Crippen LogP contribution in [0.1, 0.15) is 0 Å². The number of benzene rings is 1. The number of anilines is 2. The lowest BCUT2D eigenvalue weighted by Crippen LogP contribution is -2.48. The lowest BCUT2D eigenvalue weighted by Gasteiger charge is -2.34. The first-order valence-corrected chi connectivity index (χ1v) is 11.7. The van der Waals surface area contributed by atoms with Crippen LogP contribution in [0.3, 0.4) is 0 Å². The number of nitrogens with two attached hydrogens (primary N) is 1. The summed E-state index contributed by atoms with van der Waals surface area (Å²) < 4.78 is 27.3. The molecule has 1 aliphatic rings. The molecule has 0 radical (unpaired) electrons. The molecule has 1 aromatic carbocycles. The third kappa shape index (κ3) is 3.30. The summed E-state index contributed by atoms with van der Waals surface area (Å²) in [4.78, 5) is 18.8. The molecule has 0 atom stereocenters. The molecule has 4 aromatic rings. The maximum atomic E-state index is 12.7. The van der Waals surface area contributed by atoms with Gasteiger partial charge in [-0.2, -0.15) is 4.31 Å². The highest BCUT2D eigenvalue weighted by molar-refractivity contribution is 7.91. The number of nitrogen functional groups attached to an aromatic ring is 1. The van der Waals surface area contributed by atoms with Gasteiger partial charge >= 0.3 is 0 Å². The minimum absolute atomic E-state index is 0.289. The van der Waals surface area contributed by atoms with Gasteiger partial charge in [-0.3, -0.25) is 0 Å². The van der Waals surface area contributed by atoms with Crippen LogP contribution in [0.4, 0.5) is 11.6 Å². The zero-order valence-corrected chi connectivity index (χ0v) is 17.5. The normalized spacial score (nSPS) is 15.7. The molecular formula is C19H19N7O2S2. The molecule has 11 heteroatoms. The van der Waals surface area contributed by atoms with Gasteiger partial charge in [0.2, 0.25) is 0 Å². The molecule has 1 fully saturated rings. The van der Waals surface area contributed by atoms with E-state index in [-0.39, 0.29) is 5.82 Å². The summed E-state index contributed by atoms with van der Waals surface area (Å²) in [6.45, 7) is 1.80. The quantitative estimate of drug-likeness (QED) is 0.498. The molecule has 3 aromatic heterocycles. The highest BCUT2D eigenvalue weighted by Crippen LogP contribution is 2.27. The molecule has 9 nitrogen and oxygen atoms in total. The monoisotopic (exact) mass is 441 g/mol. The molecule has 0 amide bonds. The summed E-state index contributed by atoms with van der Waals surface area (Å²) in [5, 5.41) is 1.77. The van der Waals surface area contributed by atoms with Crippen molar-refractivity contribution in [1.29, 1.82) is 0 Å². The fourth-order valence-electron chi connectivity index (χ4n) is 3.48. The summed E-state index contributed by atoms with van der Waals surface area (Å²) in [6.07, 6.45) is 1.62. The van der Waals surface area contributed by atoms with Crippen molar-refractivity contribution in [3.63, 3.8) is 0 Å². The number of sulfonamides is 1. The molecule has 1 saturated heterocycles. The van der Waals surface area contributed by atoms with E-state index in [9.17, 15) is 8.42 Å². The van der Waals surface area contributed by atoms with Crippen molar-refractivity contribution in [1.82, 2.24) is 24.2 Å². The number of hydrogen-bond acceptors (Lipinski definition) is 8. The van der Waals surface area contributed by atoms with E-state index in [1.54, 1.807) is 23.7 Å². The molecule has 0 spiro atoms. The third-order valence-corrected chi connectivity index (χ3v) is 8.33. The maximum Gasteiger partial charge on any atom is 0.252 e. The Morgan fingerprint density at radius 3 is 2.57 bits per heavy atom. The highest BCUT2D eigenvalue weighted by Gasteiger charge is 2.30. The molecular weight excluding hydrogens is 422 g/mol. The first kappa shape index (κ1) is 19.0. The van der Waals surface area contributed by atoms with Gasteiger partial charge in [-0.25, -0.2) is 23.4 Å². The SMILES string of the molecule is Nc1ncc(N2CCN(S(=O)(=O)c3cccs3)CC2)nc1-c1nc2ccccc2[nH]1. The number of aromatic amines is 1. The molecule has 5 rings (SSSR count). The van der Waals surface area contributed by atoms with Crippen molar-refractivity contribution in [2.75, 3.05) is 36.8 Å². The Morgan fingerprint density at radius 2 is 1.83 bits per heavy atom. The van der Waals surface area contributed by atoms with Gasteiger partial charge in [-0.15, -0.1) is 11.3 Å². The Labute approximate surface area is 177 Å². The van der Waals surface area contributed by atoms with Crippen LogP contribution < -0.4 is 10.6 Å². The Kier molecular flexibility index (Phi) is 4.65. The Hall–Kier alpha value is -3.02. The average molecular weight is 442 g/mol. The summed E-state index contributed by atoms with van der Waals surface area (Å²) in [5.74, 6) is 1.49. The van der Waals surface area contributed by atoms with Crippen molar-refractivity contribution < 1.29 is 8.42 Å². The first-order chi connectivity index (χ1) is 14.5. The lowest BCUT2D eigenvalue weighted by molar-refractivity contribution is 0.384.